The number of halogens is 1. The van der Waals surface area contributed by atoms with Crippen molar-refractivity contribution in [3.05, 3.63) is 58.5 Å². The first-order chi connectivity index (χ1) is 11.2. The summed E-state index contributed by atoms with van der Waals surface area (Å²) in [6.07, 6.45) is 2.24. The molecule has 1 N–H and O–H groups in total. The highest BCUT2D eigenvalue weighted by Crippen LogP contribution is 2.19. The topological polar surface area (TPSA) is 45.5 Å². The lowest BCUT2D eigenvalue weighted by Gasteiger charge is -2.32. The second-order valence-corrected chi connectivity index (χ2v) is 6.80. The Balaban J connectivity index is 1.40. The lowest BCUT2D eigenvalue weighted by Crippen LogP contribution is -2.38. The molecular weight excluding hydrogens is 356 g/mol. The predicted molar refractivity (Wildman–Crippen MR) is 93.2 cm³/mol. The maximum absolute atomic E-state index is 12.0. The van der Waals surface area contributed by atoms with E-state index >= 15 is 0 Å². The second-order valence-electron chi connectivity index (χ2n) is 6.02. The minimum Gasteiger partial charge on any atom is -0.444 e. The zero-order valence-electron chi connectivity index (χ0n) is 13.0. The molecule has 3 rings (SSSR count). The third-order valence-electron chi connectivity index (χ3n) is 4.30. The average molecular weight is 377 g/mol. The minimum atomic E-state index is -0.137. The van der Waals surface area contributed by atoms with Crippen LogP contribution in [0, 0.1) is 5.92 Å². The van der Waals surface area contributed by atoms with Crippen LogP contribution in [-0.2, 0) is 6.54 Å². The first-order valence-corrected chi connectivity index (χ1v) is 8.80. The quantitative estimate of drug-likeness (QED) is 0.865. The fourth-order valence-corrected chi connectivity index (χ4v) is 3.26. The van der Waals surface area contributed by atoms with Crippen LogP contribution in [0.5, 0.6) is 0 Å². The standard InChI is InChI=1S/C18H21BrN2O2/c19-17-7-6-16(23-17)18(22)20-12-14-8-10-21(11-9-14)13-15-4-2-1-3-5-15/h1-7,14H,8-13H2,(H,20,22). The van der Waals surface area contributed by atoms with Crippen LogP contribution in [0.4, 0.5) is 0 Å². The van der Waals surface area contributed by atoms with E-state index in [0.717, 1.165) is 39.0 Å². The van der Waals surface area contributed by atoms with Gasteiger partial charge in [-0.05, 0) is 65.5 Å². The van der Waals surface area contributed by atoms with Crippen molar-refractivity contribution in [1.29, 1.82) is 0 Å². The third kappa shape index (κ3) is 4.69. The fourth-order valence-electron chi connectivity index (χ4n) is 2.95. The van der Waals surface area contributed by atoms with Crippen LogP contribution in [0.2, 0.25) is 0 Å². The van der Waals surface area contributed by atoms with E-state index in [4.69, 9.17) is 4.42 Å². The first kappa shape index (κ1) is 16.3. The highest BCUT2D eigenvalue weighted by molar-refractivity contribution is 9.10. The predicted octanol–water partition coefficient (Wildman–Crippen LogP) is 3.68. The summed E-state index contributed by atoms with van der Waals surface area (Å²) in [6, 6.07) is 14.0. The van der Waals surface area contributed by atoms with Crippen LogP contribution in [-0.4, -0.2) is 30.4 Å². The molecule has 0 spiro atoms. The summed E-state index contributed by atoms with van der Waals surface area (Å²) in [5.74, 6) is 0.769. The Morgan fingerprint density at radius 2 is 1.91 bits per heavy atom. The van der Waals surface area contributed by atoms with Gasteiger partial charge in [0.25, 0.3) is 5.91 Å². The van der Waals surface area contributed by atoms with Gasteiger partial charge in [-0.2, -0.15) is 0 Å². The number of amides is 1. The van der Waals surface area contributed by atoms with Gasteiger partial charge in [0.05, 0.1) is 0 Å². The summed E-state index contributed by atoms with van der Waals surface area (Å²) in [5, 5.41) is 2.97. The number of piperidine rings is 1. The third-order valence-corrected chi connectivity index (χ3v) is 4.73. The molecule has 0 radical (unpaired) electrons. The van der Waals surface area contributed by atoms with E-state index in [9.17, 15) is 4.79 Å². The van der Waals surface area contributed by atoms with Gasteiger partial charge in [0.2, 0.25) is 0 Å². The molecule has 2 aromatic rings. The normalized spacial score (nSPS) is 16.4. The first-order valence-electron chi connectivity index (χ1n) is 8.00. The fraction of sp³-hybridized carbons (Fsp3) is 0.389. The van der Waals surface area contributed by atoms with E-state index in [-0.39, 0.29) is 5.91 Å². The van der Waals surface area contributed by atoms with E-state index in [0.29, 0.717) is 16.3 Å². The number of furan rings is 1. The van der Waals surface area contributed by atoms with E-state index in [1.807, 2.05) is 0 Å². The number of nitrogens with one attached hydrogen (secondary N) is 1. The van der Waals surface area contributed by atoms with Crippen molar-refractivity contribution in [1.82, 2.24) is 10.2 Å². The van der Waals surface area contributed by atoms with Crippen LogP contribution in [0.25, 0.3) is 0 Å². The smallest absolute Gasteiger partial charge is 0.287 e. The van der Waals surface area contributed by atoms with Gasteiger partial charge >= 0.3 is 0 Å². The van der Waals surface area contributed by atoms with Crippen LogP contribution in [0.1, 0.15) is 29.0 Å². The second kappa shape index (κ2) is 7.79. The molecular formula is C18H21BrN2O2. The SMILES string of the molecule is O=C(NCC1CCN(Cc2ccccc2)CC1)c1ccc(Br)o1. The zero-order valence-corrected chi connectivity index (χ0v) is 14.6. The molecule has 23 heavy (non-hydrogen) atoms. The number of hydrogen-bond donors (Lipinski definition) is 1. The Kier molecular flexibility index (Phi) is 5.51. The Morgan fingerprint density at radius 3 is 2.57 bits per heavy atom. The van der Waals surface area contributed by atoms with Crippen molar-refractivity contribution in [2.45, 2.75) is 19.4 Å². The lowest BCUT2D eigenvalue weighted by atomic mass is 9.96. The van der Waals surface area contributed by atoms with Crippen molar-refractivity contribution < 1.29 is 9.21 Å². The maximum atomic E-state index is 12.0. The monoisotopic (exact) mass is 376 g/mol. The highest BCUT2D eigenvalue weighted by atomic mass is 79.9. The molecule has 1 fully saturated rings. The molecule has 0 aliphatic carbocycles. The van der Waals surface area contributed by atoms with Gasteiger partial charge in [-0.15, -0.1) is 0 Å². The average Bonchev–Trinajstić information content (AvgIpc) is 3.01. The summed E-state index contributed by atoms with van der Waals surface area (Å²) < 4.78 is 5.85. The summed E-state index contributed by atoms with van der Waals surface area (Å²) >= 11 is 3.21. The van der Waals surface area contributed by atoms with Gasteiger partial charge in [0.1, 0.15) is 0 Å². The Morgan fingerprint density at radius 1 is 1.17 bits per heavy atom. The van der Waals surface area contributed by atoms with Crippen molar-refractivity contribution in [2.24, 2.45) is 5.92 Å². The largest absolute Gasteiger partial charge is 0.444 e. The molecule has 5 heteroatoms. The van der Waals surface area contributed by atoms with Crippen LogP contribution >= 0.6 is 15.9 Å². The van der Waals surface area contributed by atoms with Gasteiger partial charge in [0.15, 0.2) is 10.4 Å². The van der Waals surface area contributed by atoms with Gasteiger partial charge < -0.3 is 9.73 Å². The van der Waals surface area contributed by atoms with Crippen molar-refractivity contribution in [3.63, 3.8) is 0 Å². The molecule has 1 aromatic carbocycles. The number of hydrogen-bond acceptors (Lipinski definition) is 3. The molecule has 1 saturated heterocycles. The Bertz CT molecular complexity index is 633. The Labute approximate surface area is 145 Å². The van der Waals surface area contributed by atoms with Crippen molar-refractivity contribution in [3.8, 4) is 0 Å². The number of rotatable bonds is 5. The van der Waals surface area contributed by atoms with Gasteiger partial charge in [-0.3, -0.25) is 9.69 Å². The number of likely N-dealkylation sites (tertiary alicyclic amines) is 1. The van der Waals surface area contributed by atoms with Crippen molar-refractivity contribution >= 4 is 21.8 Å². The van der Waals surface area contributed by atoms with Gasteiger partial charge in [-0.25, -0.2) is 0 Å². The summed E-state index contributed by atoms with van der Waals surface area (Å²) in [6.45, 7) is 3.90. The molecule has 0 bridgehead atoms. The number of carbonyl (C=O) groups excluding carboxylic acids is 1. The molecule has 1 aromatic heterocycles. The molecule has 0 unspecified atom stereocenters. The number of benzene rings is 1. The number of carbonyl (C=O) groups is 1. The molecule has 2 heterocycles. The van der Waals surface area contributed by atoms with Crippen LogP contribution in [0.3, 0.4) is 0 Å². The maximum Gasteiger partial charge on any atom is 0.287 e. The lowest BCUT2D eigenvalue weighted by molar-refractivity contribution is 0.0906. The molecule has 1 aliphatic heterocycles. The molecule has 1 aliphatic rings. The summed E-state index contributed by atoms with van der Waals surface area (Å²) in [4.78, 5) is 14.5. The van der Waals surface area contributed by atoms with Crippen LogP contribution in [0.15, 0.2) is 51.6 Å². The zero-order chi connectivity index (χ0) is 16.1. The highest BCUT2D eigenvalue weighted by Gasteiger charge is 2.20. The molecule has 122 valence electrons. The molecule has 4 nitrogen and oxygen atoms in total. The molecule has 0 saturated carbocycles. The number of nitrogens with zero attached hydrogens (tertiary/aromatic N) is 1. The summed E-state index contributed by atoms with van der Waals surface area (Å²) in [5.41, 5.74) is 1.36. The van der Waals surface area contributed by atoms with Gasteiger partial charge in [0, 0.05) is 13.1 Å². The van der Waals surface area contributed by atoms with Crippen molar-refractivity contribution in [2.75, 3.05) is 19.6 Å². The van der Waals surface area contributed by atoms with E-state index in [1.54, 1.807) is 12.1 Å². The van der Waals surface area contributed by atoms with E-state index in [2.05, 4.69) is 56.5 Å². The molecule has 1 amide bonds. The van der Waals surface area contributed by atoms with E-state index < -0.39 is 0 Å². The Hall–Kier alpha value is -1.59. The van der Waals surface area contributed by atoms with Gasteiger partial charge in [-0.1, -0.05) is 30.3 Å². The van der Waals surface area contributed by atoms with Crippen LogP contribution < -0.4 is 5.32 Å². The molecule has 0 atom stereocenters. The summed E-state index contributed by atoms with van der Waals surface area (Å²) in [7, 11) is 0. The minimum absolute atomic E-state index is 0.137. The van der Waals surface area contributed by atoms with E-state index in [1.165, 1.54) is 5.56 Å².